The summed E-state index contributed by atoms with van der Waals surface area (Å²) in [6.45, 7) is 9.27. The van der Waals surface area contributed by atoms with E-state index in [1.54, 1.807) is 6.20 Å². The highest BCUT2D eigenvalue weighted by Crippen LogP contribution is 2.25. The zero-order chi connectivity index (χ0) is 25.0. The third-order valence-electron chi connectivity index (χ3n) is 6.97. The van der Waals surface area contributed by atoms with E-state index in [2.05, 4.69) is 27.0 Å². The first-order valence-electron chi connectivity index (χ1n) is 12.7. The number of nitrogens with zero attached hydrogens (tertiary/aromatic N) is 3. The van der Waals surface area contributed by atoms with E-state index < -0.39 is 5.60 Å². The molecule has 0 saturated carbocycles. The third kappa shape index (κ3) is 6.82. The average Bonchev–Trinajstić information content (AvgIpc) is 2.83. The molecule has 3 fully saturated rings. The number of rotatable bonds is 2. The molecular formula is C27H36N4O4. The Labute approximate surface area is 207 Å². The number of hydrogen-bond acceptors (Lipinski definition) is 6. The SMILES string of the molecule is CC(C)(C)OC(=O)N1CCC(N2CCC(C#Cc3ccc(C4CCC(=O)NC4=O)nc3)CC2)CC1. The molecule has 1 N–H and O–H groups in total. The summed E-state index contributed by atoms with van der Waals surface area (Å²) >= 11 is 0. The van der Waals surface area contributed by atoms with Crippen LogP contribution in [0.15, 0.2) is 18.3 Å². The van der Waals surface area contributed by atoms with Crippen LogP contribution in [0.4, 0.5) is 4.79 Å². The quantitative estimate of drug-likeness (QED) is 0.517. The molecule has 8 heteroatoms. The second-order valence-corrected chi connectivity index (χ2v) is 10.8. The van der Waals surface area contributed by atoms with E-state index in [4.69, 9.17) is 4.74 Å². The van der Waals surface area contributed by atoms with Crippen molar-refractivity contribution in [1.29, 1.82) is 0 Å². The molecule has 3 aliphatic heterocycles. The van der Waals surface area contributed by atoms with Gasteiger partial charge >= 0.3 is 6.09 Å². The number of carbonyl (C=O) groups excluding carboxylic acids is 3. The molecule has 1 aromatic rings. The predicted molar refractivity (Wildman–Crippen MR) is 131 cm³/mol. The van der Waals surface area contributed by atoms with Crippen LogP contribution in [-0.2, 0) is 14.3 Å². The van der Waals surface area contributed by atoms with Gasteiger partial charge in [-0.25, -0.2) is 4.79 Å². The minimum atomic E-state index is -0.456. The second kappa shape index (κ2) is 10.8. The van der Waals surface area contributed by atoms with Gasteiger partial charge in [-0.2, -0.15) is 0 Å². The summed E-state index contributed by atoms with van der Waals surface area (Å²) in [4.78, 5) is 44.5. The summed E-state index contributed by atoms with van der Waals surface area (Å²) in [5, 5.41) is 2.38. The van der Waals surface area contributed by atoms with Gasteiger partial charge < -0.3 is 14.5 Å². The maximum absolute atomic E-state index is 12.3. The van der Waals surface area contributed by atoms with E-state index in [-0.39, 0.29) is 23.8 Å². The van der Waals surface area contributed by atoms with E-state index >= 15 is 0 Å². The van der Waals surface area contributed by atoms with Crippen molar-refractivity contribution >= 4 is 17.9 Å². The summed E-state index contributed by atoms with van der Waals surface area (Å²) in [6, 6.07) is 4.27. The van der Waals surface area contributed by atoms with Gasteiger partial charge in [-0.05, 0) is 78.1 Å². The van der Waals surface area contributed by atoms with Crippen LogP contribution in [0.1, 0.15) is 76.5 Å². The van der Waals surface area contributed by atoms with E-state index in [0.29, 0.717) is 30.5 Å². The number of hydrogen-bond donors (Lipinski definition) is 1. The Bertz CT molecular complexity index is 989. The maximum atomic E-state index is 12.3. The highest BCUT2D eigenvalue weighted by Gasteiger charge is 2.31. The zero-order valence-electron chi connectivity index (χ0n) is 21.0. The lowest BCUT2D eigenvalue weighted by Crippen LogP contribution is -2.49. The van der Waals surface area contributed by atoms with Gasteiger partial charge in [-0.3, -0.25) is 19.9 Å². The molecule has 0 aromatic carbocycles. The molecule has 1 aromatic heterocycles. The molecule has 188 valence electrons. The van der Waals surface area contributed by atoms with Gasteiger partial charge in [0, 0.05) is 43.2 Å². The highest BCUT2D eigenvalue weighted by molar-refractivity contribution is 6.00. The molecule has 1 unspecified atom stereocenters. The van der Waals surface area contributed by atoms with Crippen LogP contribution >= 0.6 is 0 Å². The molecule has 3 saturated heterocycles. The first-order chi connectivity index (χ1) is 16.7. The Morgan fingerprint density at radius 2 is 1.77 bits per heavy atom. The molecule has 0 spiro atoms. The number of pyridine rings is 1. The Hall–Kier alpha value is -2.92. The van der Waals surface area contributed by atoms with Gasteiger partial charge in [0.15, 0.2) is 0 Å². The van der Waals surface area contributed by atoms with E-state index in [0.717, 1.165) is 57.4 Å². The number of ether oxygens (including phenoxy) is 1. The van der Waals surface area contributed by atoms with Crippen LogP contribution in [0.3, 0.4) is 0 Å². The van der Waals surface area contributed by atoms with Crippen molar-refractivity contribution in [3.63, 3.8) is 0 Å². The number of imide groups is 1. The molecule has 35 heavy (non-hydrogen) atoms. The van der Waals surface area contributed by atoms with Crippen molar-refractivity contribution in [2.24, 2.45) is 5.92 Å². The molecular weight excluding hydrogens is 444 g/mol. The Kier molecular flexibility index (Phi) is 7.75. The fraction of sp³-hybridized carbons (Fsp3) is 0.630. The molecule has 4 heterocycles. The lowest BCUT2D eigenvalue weighted by molar-refractivity contribution is -0.134. The standard InChI is InChI=1S/C27H36N4O4/c1-27(2,3)35-26(34)31-16-12-21(13-17-31)30-14-10-19(11-15-30)4-5-20-6-8-23(28-18-20)22-7-9-24(32)29-25(22)33/h6,8,18-19,21-22H,7,9-17H2,1-3H3,(H,29,32,33). The van der Waals surface area contributed by atoms with Crippen LogP contribution in [0.2, 0.25) is 0 Å². The monoisotopic (exact) mass is 480 g/mol. The zero-order valence-corrected chi connectivity index (χ0v) is 21.0. The van der Waals surface area contributed by atoms with Gasteiger partial charge in [0.1, 0.15) is 5.60 Å². The number of nitrogens with one attached hydrogen (secondary N) is 1. The van der Waals surface area contributed by atoms with Crippen molar-refractivity contribution < 1.29 is 19.1 Å². The smallest absolute Gasteiger partial charge is 0.410 e. The van der Waals surface area contributed by atoms with Gasteiger partial charge in [-0.15, -0.1) is 0 Å². The van der Waals surface area contributed by atoms with Crippen LogP contribution in [0.25, 0.3) is 0 Å². The Morgan fingerprint density at radius 3 is 2.37 bits per heavy atom. The number of piperidine rings is 3. The number of carbonyl (C=O) groups is 3. The maximum Gasteiger partial charge on any atom is 0.410 e. The van der Waals surface area contributed by atoms with E-state index in [1.807, 2.05) is 37.8 Å². The molecule has 8 nitrogen and oxygen atoms in total. The molecule has 3 aliphatic rings. The van der Waals surface area contributed by atoms with Crippen molar-refractivity contribution in [3.8, 4) is 11.8 Å². The summed E-state index contributed by atoms with van der Waals surface area (Å²) in [6.07, 6.45) is 6.43. The first-order valence-corrected chi connectivity index (χ1v) is 12.7. The number of aromatic nitrogens is 1. The summed E-state index contributed by atoms with van der Waals surface area (Å²) in [7, 11) is 0. The van der Waals surface area contributed by atoms with Crippen molar-refractivity contribution in [2.45, 2.75) is 76.9 Å². The van der Waals surface area contributed by atoms with Crippen LogP contribution in [0, 0.1) is 17.8 Å². The number of likely N-dealkylation sites (tertiary alicyclic amines) is 2. The molecule has 0 radical (unpaired) electrons. The topological polar surface area (TPSA) is 91.8 Å². The predicted octanol–water partition coefficient (Wildman–Crippen LogP) is 3.06. The lowest BCUT2D eigenvalue weighted by Gasteiger charge is -2.41. The fourth-order valence-electron chi connectivity index (χ4n) is 5.00. The molecule has 0 bridgehead atoms. The second-order valence-electron chi connectivity index (χ2n) is 10.8. The third-order valence-corrected chi connectivity index (χ3v) is 6.97. The van der Waals surface area contributed by atoms with Crippen molar-refractivity contribution in [3.05, 3.63) is 29.6 Å². The lowest BCUT2D eigenvalue weighted by atomic mass is 9.93. The van der Waals surface area contributed by atoms with Gasteiger partial charge in [0.25, 0.3) is 0 Å². The Morgan fingerprint density at radius 1 is 1.06 bits per heavy atom. The molecule has 1 atom stereocenters. The van der Waals surface area contributed by atoms with Crippen LogP contribution in [0.5, 0.6) is 0 Å². The van der Waals surface area contributed by atoms with E-state index in [9.17, 15) is 14.4 Å². The fourth-order valence-corrected chi connectivity index (χ4v) is 5.00. The minimum Gasteiger partial charge on any atom is -0.444 e. The molecule has 3 amide bonds. The van der Waals surface area contributed by atoms with Gasteiger partial charge in [0.2, 0.25) is 11.8 Å². The molecule has 4 rings (SSSR count). The normalized spacial score (nSPS) is 22.8. The largest absolute Gasteiger partial charge is 0.444 e. The van der Waals surface area contributed by atoms with Crippen LogP contribution in [-0.4, -0.2) is 70.5 Å². The van der Waals surface area contributed by atoms with Crippen LogP contribution < -0.4 is 5.32 Å². The first kappa shape index (κ1) is 25.2. The summed E-state index contributed by atoms with van der Waals surface area (Å²) in [5.74, 6) is 6.17. The highest BCUT2D eigenvalue weighted by atomic mass is 16.6. The van der Waals surface area contributed by atoms with Crippen molar-refractivity contribution in [1.82, 2.24) is 20.1 Å². The number of amides is 3. The van der Waals surface area contributed by atoms with Gasteiger partial charge in [0.05, 0.1) is 11.6 Å². The van der Waals surface area contributed by atoms with E-state index in [1.165, 1.54) is 0 Å². The summed E-state index contributed by atoms with van der Waals surface area (Å²) < 4.78 is 5.50. The van der Waals surface area contributed by atoms with Gasteiger partial charge in [-0.1, -0.05) is 11.8 Å². The average molecular weight is 481 g/mol. The Balaban J connectivity index is 1.22. The minimum absolute atomic E-state index is 0.204. The van der Waals surface area contributed by atoms with Crippen molar-refractivity contribution in [2.75, 3.05) is 26.2 Å². The molecule has 0 aliphatic carbocycles. The summed E-state index contributed by atoms with van der Waals surface area (Å²) in [5.41, 5.74) is 1.08.